The molecule has 1 fully saturated rings. The summed E-state index contributed by atoms with van der Waals surface area (Å²) in [6.07, 6.45) is -0.871. The average Bonchev–Trinajstić information content (AvgIpc) is 3.12. The summed E-state index contributed by atoms with van der Waals surface area (Å²) >= 11 is 0. The highest BCUT2D eigenvalue weighted by Crippen LogP contribution is 2.38. The van der Waals surface area contributed by atoms with Crippen molar-refractivity contribution in [3.8, 4) is 0 Å². The monoisotopic (exact) mass is 594 g/mol. The fourth-order valence-electron chi connectivity index (χ4n) is 4.72. The summed E-state index contributed by atoms with van der Waals surface area (Å²) in [5.74, 6) is -6.31. The van der Waals surface area contributed by atoms with E-state index in [0.717, 1.165) is 0 Å². The molecule has 0 saturated carbocycles. The molecule has 228 valence electrons. The lowest BCUT2D eigenvalue weighted by Gasteiger charge is -2.32. The average molecular weight is 595 g/mol. The van der Waals surface area contributed by atoms with Crippen molar-refractivity contribution in [3.63, 3.8) is 0 Å². The molecule has 43 heavy (non-hydrogen) atoms. The van der Waals surface area contributed by atoms with Crippen LogP contribution in [0.15, 0.2) is 54.6 Å². The molecule has 1 unspecified atom stereocenters. The molecule has 1 heterocycles. The Bertz CT molecular complexity index is 1430. The minimum absolute atomic E-state index is 0.00428. The zero-order valence-electron chi connectivity index (χ0n) is 23.9. The number of urea groups is 1. The standard InChI is InChI=1S/C29H34N6O8/c1-16(2)23(26(40)41)33-25(39)20(13-22(37)38)32-21(36)15-34-27(42)29(3,19-11-9-18(10-12-19)24(30)31)35(28(34)43)14-17-7-5-4-6-8-17/h4-12,16,20,23H,13-15H2,1-3H3,(H3,30,31)(H,32,36)(H,33,39)(H,37,38)(H,40,41)/t20-,23-,29?/m0/s1. The van der Waals surface area contributed by atoms with Gasteiger partial charge in [-0.25, -0.2) is 9.59 Å². The quantitative estimate of drug-likeness (QED) is 0.110. The van der Waals surface area contributed by atoms with E-state index in [2.05, 4.69) is 10.6 Å². The second kappa shape index (κ2) is 13.1. The number of carbonyl (C=O) groups is 6. The van der Waals surface area contributed by atoms with Gasteiger partial charge < -0.3 is 31.5 Å². The number of benzene rings is 2. The summed E-state index contributed by atoms with van der Waals surface area (Å²) in [6.45, 7) is 3.78. The minimum Gasteiger partial charge on any atom is -0.481 e. The van der Waals surface area contributed by atoms with Gasteiger partial charge in [-0.2, -0.15) is 0 Å². The van der Waals surface area contributed by atoms with E-state index in [1.165, 1.54) is 24.0 Å². The van der Waals surface area contributed by atoms with Gasteiger partial charge in [0.2, 0.25) is 11.8 Å². The normalized spacial score (nSPS) is 17.9. The molecule has 1 aliphatic rings. The maximum Gasteiger partial charge on any atom is 0.328 e. The predicted octanol–water partition coefficient (Wildman–Crippen LogP) is 0.835. The summed E-state index contributed by atoms with van der Waals surface area (Å²) in [5.41, 5.74) is 5.48. The van der Waals surface area contributed by atoms with E-state index in [4.69, 9.17) is 11.1 Å². The van der Waals surface area contributed by atoms with Crippen LogP contribution in [0, 0.1) is 11.3 Å². The van der Waals surface area contributed by atoms with Crippen LogP contribution < -0.4 is 16.4 Å². The molecule has 0 spiro atoms. The number of carboxylic acid groups (broad SMARTS) is 2. The van der Waals surface area contributed by atoms with Crippen molar-refractivity contribution < 1.29 is 39.0 Å². The van der Waals surface area contributed by atoms with Crippen molar-refractivity contribution >= 4 is 41.5 Å². The SMILES string of the molecule is CC(C)[C@H](NC(=O)[C@H](CC(=O)O)NC(=O)CN1C(=O)N(Cc2ccccc2)C(C)(c2ccc(C(=N)N)cc2)C1=O)C(=O)O. The second-order valence-electron chi connectivity index (χ2n) is 10.6. The molecule has 0 radical (unpaired) electrons. The number of nitrogens with zero attached hydrogens (tertiary/aromatic N) is 2. The zero-order chi connectivity index (χ0) is 32.1. The van der Waals surface area contributed by atoms with E-state index in [0.29, 0.717) is 21.6 Å². The lowest BCUT2D eigenvalue weighted by Crippen LogP contribution is -2.55. The van der Waals surface area contributed by atoms with Crippen molar-refractivity contribution in [2.45, 2.75) is 51.4 Å². The van der Waals surface area contributed by atoms with Gasteiger partial charge in [-0.05, 0) is 24.0 Å². The molecule has 1 saturated heterocycles. The number of carbonyl (C=O) groups excluding carboxylic acids is 4. The third kappa shape index (κ3) is 7.15. The van der Waals surface area contributed by atoms with Gasteiger partial charge >= 0.3 is 18.0 Å². The molecule has 14 heteroatoms. The number of amidine groups is 1. The first kappa shape index (κ1) is 32.2. The Labute approximate surface area is 247 Å². The predicted molar refractivity (Wildman–Crippen MR) is 152 cm³/mol. The molecular formula is C29H34N6O8. The highest BCUT2D eigenvalue weighted by atomic mass is 16.4. The van der Waals surface area contributed by atoms with Gasteiger partial charge in [0, 0.05) is 12.1 Å². The Balaban J connectivity index is 1.90. The zero-order valence-corrected chi connectivity index (χ0v) is 23.9. The lowest BCUT2D eigenvalue weighted by atomic mass is 9.89. The number of imide groups is 1. The minimum atomic E-state index is -1.68. The molecule has 5 amide bonds. The fourth-order valence-corrected chi connectivity index (χ4v) is 4.72. The van der Waals surface area contributed by atoms with E-state index >= 15 is 0 Å². The van der Waals surface area contributed by atoms with Crippen molar-refractivity contribution in [1.82, 2.24) is 20.4 Å². The van der Waals surface area contributed by atoms with E-state index < -0.39 is 72.2 Å². The number of nitrogens with one attached hydrogen (secondary N) is 3. The van der Waals surface area contributed by atoms with Gasteiger partial charge in [-0.15, -0.1) is 0 Å². The van der Waals surface area contributed by atoms with Gasteiger partial charge in [-0.1, -0.05) is 68.4 Å². The van der Waals surface area contributed by atoms with Crippen LogP contribution in [0.1, 0.15) is 43.9 Å². The molecule has 7 N–H and O–H groups in total. The summed E-state index contributed by atoms with van der Waals surface area (Å²) < 4.78 is 0. The molecule has 0 aromatic heterocycles. The first-order valence-electron chi connectivity index (χ1n) is 13.3. The van der Waals surface area contributed by atoms with Crippen LogP contribution in [0.4, 0.5) is 4.79 Å². The number of carboxylic acids is 2. The molecule has 0 aliphatic carbocycles. The molecule has 1 aliphatic heterocycles. The third-order valence-corrected chi connectivity index (χ3v) is 7.17. The molecule has 3 atom stereocenters. The van der Waals surface area contributed by atoms with Gasteiger partial charge in [0.15, 0.2) is 0 Å². The Kier molecular flexibility index (Phi) is 9.86. The number of nitrogens with two attached hydrogens (primary N) is 1. The molecule has 3 rings (SSSR count). The Morgan fingerprint density at radius 3 is 2.09 bits per heavy atom. The summed E-state index contributed by atoms with van der Waals surface area (Å²) in [7, 11) is 0. The van der Waals surface area contributed by atoms with Crippen LogP contribution in [0.3, 0.4) is 0 Å². The van der Waals surface area contributed by atoms with Gasteiger partial charge in [0.05, 0.1) is 6.42 Å². The number of rotatable bonds is 13. The number of hydrogen-bond donors (Lipinski definition) is 6. The van der Waals surface area contributed by atoms with E-state index in [1.807, 2.05) is 0 Å². The third-order valence-electron chi connectivity index (χ3n) is 7.17. The molecule has 2 aromatic rings. The topological polar surface area (TPSA) is 223 Å². The summed E-state index contributed by atoms with van der Waals surface area (Å²) in [6, 6.07) is 11.2. The van der Waals surface area contributed by atoms with Crippen LogP contribution in [0.25, 0.3) is 0 Å². The largest absolute Gasteiger partial charge is 0.481 e. The van der Waals surface area contributed by atoms with Crippen LogP contribution >= 0.6 is 0 Å². The van der Waals surface area contributed by atoms with E-state index in [-0.39, 0.29) is 12.4 Å². The summed E-state index contributed by atoms with van der Waals surface area (Å²) in [5, 5.41) is 30.8. The molecule has 0 bridgehead atoms. The summed E-state index contributed by atoms with van der Waals surface area (Å²) in [4.78, 5) is 78.3. The number of aliphatic carboxylic acids is 2. The van der Waals surface area contributed by atoms with E-state index in [9.17, 15) is 39.0 Å². The fraction of sp³-hybridized carbons (Fsp3) is 0.345. The van der Waals surface area contributed by atoms with Crippen molar-refractivity contribution in [2.75, 3.05) is 6.54 Å². The molecule has 2 aromatic carbocycles. The number of hydrogen-bond acceptors (Lipinski definition) is 7. The van der Waals surface area contributed by atoms with Crippen LogP contribution in [0.2, 0.25) is 0 Å². The Morgan fingerprint density at radius 1 is 0.977 bits per heavy atom. The van der Waals surface area contributed by atoms with Crippen LogP contribution in [-0.4, -0.2) is 80.2 Å². The van der Waals surface area contributed by atoms with Gasteiger partial charge in [0.25, 0.3) is 5.91 Å². The highest BCUT2D eigenvalue weighted by Gasteiger charge is 2.55. The Hall–Kier alpha value is -5.27. The van der Waals surface area contributed by atoms with Crippen LogP contribution in [0.5, 0.6) is 0 Å². The first-order chi connectivity index (χ1) is 20.2. The maximum atomic E-state index is 13.9. The van der Waals surface area contributed by atoms with E-state index in [1.54, 1.807) is 56.3 Å². The Morgan fingerprint density at radius 2 is 1.58 bits per heavy atom. The lowest BCUT2D eigenvalue weighted by molar-refractivity contribution is -0.144. The number of amides is 5. The highest BCUT2D eigenvalue weighted by molar-refractivity contribution is 6.09. The van der Waals surface area contributed by atoms with Gasteiger partial charge in [-0.3, -0.25) is 29.5 Å². The van der Waals surface area contributed by atoms with Gasteiger partial charge in [0.1, 0.15) is 30.0 Å². The van der Waals surface area contributed by atoms with Crippen molar-refractivity contribution in [2.24, 2.45) is 11.7 Å². The number of nitrogen functional groups attached to an aromatic ring is 1. The first-order valence-corrected chi connectivity index (χ1v) is 13.3. The molecule has 14 nitrogen and oxygen atoms in total. The smallest absolute Gasteiger partial charge is 0.328 e. The molecular weight excluding hydrogens is 560 g/mol. The van der Waals surface area contributed by atoms with Crippen molar-refractivity contribution in [3.05, 3.63) is 71.3 Å². The second-order valence-corrected chi connectivity index (χ2v) is 10.6. The van der Waals surface area contributed by atoms with Crippen LogP contribution in [-0.2, 0) is 36.1 Å². The van der Waals surface area contributed by atoms with Crippen molar-refractivity contribution in [1.29, 1.82) is 5.41 Å². The maximum absolute atomic E-state index is 13.9.